The summed E-state index contributed by atoms with van der Waals surface area (Å²) in [5.41, 5.74) is 2.61. The largest absolute Gasteiger partial charge is 0.488 e. The number of aryl methyl sites for hydroxylation is 1. The van der Waals surface area contributed by atoms with Crippen LogP contribution in [0.5, 0.6) is 5.75 Å². The third-order valence-corrected chi connectivity index (χ3v) is 4.24. The van der Waals surface area contributed by atoms with Gasteiger partial charge in [-0.15, -0.1) is 0 Å². The molecule has 1 aliphatic heterocycles. The summed E-state index contributed by atoms with van der Waals surface area (Å²) in [7, 11) is 0. The topological polar surface area (TPSA) is 64.6 Å². The van der Waals surface area contributed by atoms with E-state index in [1.807, 2.05) is 31.2 Å². The second-order valence-corrected chi connectivity index (χ2v) is 6.43. The number of carbonyl (C=O) groups excluding carboxylic acids is 2. The Morgan fingerprint density at radius 1 is 1.23 bits per heavy atom. The number of esters is 1. The minimum absolute atomic E-state index is 0.109. The summed E-state index contributed by atoms with van der Waals surface area (Å²) in [6.45, 7) is 3.48. The van der Waals surface area contributed by atoms with Crippen LogP contribution in [0.3, 0.4) is 0 Å². The van der Waals surface area contributed by atoms with Crippen LogP contribution in [-0.2, 0) is 14.3 Å². The number of halogens is 1. The van der Waals surface area contributed by atoms with Crippen LogP contribution in [0.1, 0.15) is 18.1 Å². The molecule has 1 atom stereocenters. The molecule has 1 amide bonds. The summed E-state index contributed by atoms with van der Waals surface area (Å²) >= 11 is 5.95. The number of hydrogen-bond acceptors (Lipinski definition) is 4. The first-order valence-electron chi connectivity index (χ1n) is 8.14. The van der Waals surface area contributed by atoms with Gasteiger partial charge in [-0.05, 0) is 43.7 Å². The average Bonchev–Trinajstić information content (AvgIpc) is 2.64. The lowest BCUT2D eigenvalue weighted by atomic mass is 10.1. The Kier molecular flexibility index (Phi) is 5.28. The number of ether oxygens (including phenoxy) is 2. The molecule has 3 rings (SSSR count). The third-order valence-electron chi connectivity index (χ3n) is 4.00. The average molecular weight is 372 g/mol. The summed E-state index contributed by atoms with van der Waals surface area (Å²) in [5, 5.41) is 3.24. The summed E-state index contributed by atoms with van der Waals surface area (Å²) in [6.07, 6.45) is 0.756. The fraction of sp³-hybridized carbons (Fsp3) is 0.200. The van der Waals surface area contributed by atoms with Gasteiger partial charge < -0.3 is 14.8 Å². The van der Waals surface area contributed by atoms with Crippen LogP contribution >= 0.6 is 11.6 Å². The number of fused-ring (bicyclic) bond motifs is 1. The second-order valence-electron chi connectivity index (χ2n) is 5.99. The van der Waals surface area contributed by atoms with Gasteiger partial charge in [0.1, 0.15) is 12.4 Å². The Balaban J connectivity index is 1.65. The minimum Gasteiger partial charge on any atom is -0.488 e. The second kappa shape index (κ2) is 7.62. The molecule has 134 valence electrons. The van der Waals surface area contributed by atoms with Gasteiger partial charge in [0.15, 0.2) is 6.10 Å². The molecule has 1 N–H and O–H groups in total. The van der Waals surface area contributed by atoms with Gasteiger partial charge in [0, 0.05) is 16.3 Å². The van der Waals surface area contributed by atoms with E-state index in [-0.39, 0.29) is 6.61 Å². The van der Waals surface area contributed by atoms with Crippen LogP contribution in [0.25, 0.3) is 6.08 Å². The molecular weight excluding hydrogens is 354 g/mol. The van der Waals surface area contributed by atoms with E-state index in [1.54, 1.807) is 24.3 Å². The van der Waals surface area contributed by atoms with Crippen LogP contribution in [-0.4, -0.2) is 24.6 Å². The van der Waals surface area contributed by atoms with Crippen molar-refractivity contribution in [2.45, 2.75) is 20.0 Å². The summed E-state index contributed by atoms with van der Waals surface area (Å²) in [6, 6.07) is 12.6. The van der Waals surface area contributed by atoms with Crippen molar-refractivity contribution in [2.24, 2.45) is 0 Å². The number of para-hydroxylation sites is 1. The molecule has 0 aromatic heterocycles. The monoisotopic (exact) mass is 371 g/mol. The van der Waals surface area contributed by atoms with E-state index in [9.17, 15) is 9.59 Å². The van der Waals surface area contributed by atoms with Crippen molar-refractivity contribution in [3.05, 3.63) is 64.2 Å². The van der Waals surface area contributed by atoms with E-state index in [2.05, 4.69) is 5.32 Å². The molecule has 0 aliphatic carbocycles. The molecule has 26 heavy (non-hydrogen) atoms. The first-order valence-corrected chi connectivity index (χ1v) is 8.52. The third kappa shape index (κ3) is 4.06. The van der Waals surface area contributed by atoms with Crippen molar-refractivity contribution in [3.8, 4) is 5.75 Å². The fourth-order valence-corrected chi connectivity index (χ4v) is 2.66. The zero-order chi connectivity index (χ0) is 18.7. The summed E-state index contributed by atoms with van der Waals surface area (Å²) in [4.78, 5) is 24.6. The van der Waals surface area contributed by atoms with Gasteiger partial charge in [-0.1, -0.05) is 35.9 Å². The molecule has 0 spiro atoms. The zero-order valence-electron chi connectivity index (χ0n) is 14.4. The number of benzene rings is 2. The number of hydrogen-bond donors (Lipinski definition) is 1. The van der Waals surface area contributed by atoms with E-state index >= 15 is 0 Å². The van der Waals surface area contributed by atoms with Crippen molar-refractivity contribution in [3.63, 3.8) is 0 Å². The molecular formula is C20H18ClNO4. The predicted molar refractivity (Wildman–Crippen MR) is 100 cm³/mol. The maximum atomic E-state index is 12.3. The fourth-order valence-electron chi connectivity index (χ4n) is 2.49. The number of anilines is 1. The molecule has 0 bridgehead atoms. The van der Waals surface area contributed by atoms with Gasteiger partial charge in [0.2, 0.25) is 0 Å². The molecule has 0 radical (unpaired) electrons. The maximum absolute atomic E-state index is 12.3. The first-order chi connectivity index (χ1) is 12.4. The van der Waals surface area contributed by atoms with Crippen molar-refractivity contribution in [1.29, 1.82) is 0 Å². The van der Waals surface area contributed by atoms with Gasteiger partial charge in [-0.3, -0.25) is 4.79 Å². The normalized spacial score (nSPS) is 13.7. The van der Waals surface area contributed by atoms with Crippen molar-refractivity contribution in [1.82, 2.24) is 0 Å². The van der Waals surface area contributed by atoms with Crippen molar-refractivity contribution in [2.75, 3.05) is 11.9 Å². The smallest absolute Gasteiger partial charge is 0.338 e. The highest BCUT2D eigenvalue weighted by Gasteiger charge is 2.23. The molecule has 0 fully saturated rings. The molecule has 5 nitrogen and oxygen atoms in total. The molecule has 2 aromatic carbocycles. The minimum atomic E-state index is -0.959. The quantitative estimate of drug-likeness (QED) is 0.825. The number of amides is 1. The molecule has 1 heterocycles. The lowest BCUT2D eigenvalue weighted by Gasteiger charge is -2.19. The lowest BCUT2D eigenvalue weighted by molar-refractivity contribution is -0.149. The van der Waals surface area contributed by atoms with Gasteiger partial charge in [0.25, 0.3) is 5.91 Å². The first kappa shape index (κ1) is 18.0. The molecule has 1 aliphatic rings. The van der Waals surface area contributed by atoms with Crippen LogP contribution in [0, 0.1) is 6.92 Å². The van der Waals surface area contributed by atoms with Crippen LogP contribution in [0.2, 0.25) is 5.02 Å². The molecule has 2 aromatic rings. The number of carbonyl (C=O) groups is 2. The Hall–Kier alpha value is -2.79. The van der Waals surface area contributed by atoms with E-state index in [0.717, 1.165) is 11.1 Å². The van der Waals surface area contributed by atoms with Crippen LogP contribution < -0.4 is 10.1 Å². The van der Waals surface area contributed by atoms with Crippen LogP contribution in [0.15, 0.2) is 48.0 Å². The van der Waals surface area contributed by atoms with Crippen molar-refractivity contribution >= 4 is 35.2 Å². The highest BCUT2D eigenvalue weighted by Crippen LogP contribution is 2.26. The number of rotatable bonds is 4. The molecule has 0 saturated carbocycles. The standard InChI is InChI=1S/C20H18ClNO4/c1-12-7-8-16(21)10-17(12)22-19(23)13(2)26-20(24)15-9-14-5-3-4-6-18(14)25-11-15/h3-10,13H,11H2,1-2H3,(H,22,23). The van der Waals surface area contributed by atoms with E-state index in [1.165, 1.54) is 6.92 Å². The van der Waals surface area contributed by atoms with Crippen molar-refractivity contribution < 1.29 is 19.1 Å². The zero-order valence-corrected chi connectivity index (χ0v) is 15.2. The predicted octanol–water partition coefficient (Wildman–Crippen LogP) is 3.99. The number of nitrogens with one attached hydrogen (secondary N) is 1. The van der Waals surface area contributed by atoms with E-state index in [0.29, 0.717) is 22.0 Å². The molecule has 6 heteroatoms. The summed E-state index contributed by atoms with van der Waals surface area (Å²) < 4.78 is 10.8. The van der Waals surface area contributed by atoms with Gasteiger partial charge in [0.05, 0.1) is 5.57 Å². The van der Waals surface area contributed by atoms with Gasteiger partial charge in [-0.2, -0.15) is 0 Å². The highest BCUT2D eigenvalue weighted by molar-refractivity contribution is 6.31. The SMILES string of the molecule is Cc1ccc(Cl)cc1NC(=O)C(C)OC(=O)C1=Cc2ccccc2OC1. The maximum Gasteiger partial charge on any atom is 0.338 e. The van der Waals surface area contributed by atoms with E-state index in [4.69, 9.17) is 21.1 Å². The van der Waals surface area contributed by atoms with E-state index < -0.39 is 18.0 Å². The lowest BCUT2D eigenvalue weighted by Crippen LogP contribution is -2.31. The Bertz CT molecular complexity index is 891. The highest BCUT2D eigenvalue weighted by atomic mass is 35.5. The molecule has 1 unspecified atom stereocenters. The van der Waals surface area contributed by atoms with Gasteiger partial charge >= 0.3 is 5.97 Å². The Morgan fingerprint density at radius 3 is 2.81 bits per heavy atom. The van der Waals surface area contributed by atoms with Crippen LogP contribution in [0.4, 0.5) is 5.69 Å². The molecule has 0 saturated heterocycles. The van der Waals surface area contributed by atoms with Gasteiger partial charge in [-0.25, -0.2) is 4.79 Å². The summed E-state index contributed by atoms with van der Waals surface area (Å²) in [5.74, 6) is -0.294. The Morgan fingerprint density at radius 2 is 2.00 bits per heavy atom. The Labute approximate surface area is 156 Å².